The van der Waals surface area contributed by atoms with E-state index in [0.717, 1.165) is 0 Å². The number of ether oxygens (including phenoxy) is 3. The Morgan fingerprint density at radius 2 is 2.09 bits per heavy atom. The summed E-state index contributed by atoms with van der Waals surface area (Å²) in [7, 11) is 1.49. The molecule has 1 aromatic carbocycles. The minimum absolute atomic E-state index is 0.0229. The highest BCUT2D eigenvalue weighted by Crippen LogP contribution is 2.27. The lowest BCUT2D eigenvalue weighted by atomic mass is 10.2. The molecule has 0 bridgehead atoms. The highest BCUT2D eigenvalue weighted by atomic mass is 19.4. The van der Waals surface area contributed by atoms with Crippen LogP contribution in [0.2, 0.25) is 0 Å². The van der Waals surface area contributed by atoms with Gasteiger partial charge in [0.15, 0.2) is 6.10 Å². The minimum Gasteiger partial charge on any atom is -0.405 e. The molecule has 122 valence electrons. The molecule has 1 amide bonds. The molecule has 0 unspecified atom stereocenters. The molecule has 5 nitrogen and oxygen atoms in total. The molecule has 0 N–H and O–H groups in total. The zero-order chi connectivity index (χ0) is 16.2. The van der Waals surface area contributed by atoms with E-state index < -0.39 is 12.5 Å². The summed E-state index contributed by atoms with van der Waals surface area (Å²) in [6.45, 7) is 0.864. The first kappa shape index (κ1) is 16.6. The maximum absolute atomic E-state index is 12.4. The zero-order valence-electron chi connectivity index (χ0n) is 11.9. The van der Waals surface area contributed by atoms with Crippen molar-refractivity contribution in [1.29, 1.82) is 0 Å². The van der Waals surface area contributed by atoms with Gasteiger partial charge >= 0.3 is 6.36 Å². The minimum atomic E-state index is -4.78. The van der Waals surface area contributed by atoms with Gasteiger partial charge in [-0.15, -0.1) is 13.2 Å². The van der Waals surface area contributed by atoms with E-state index in [4.69, 9.17) is 9.47 Å². The SMILES string of the molecule is CN(Cc1ccccc1OC(F)(F)F)C(=O)[C@H]1COCCO1. The second-order valence-electron chi connectivity index (χ2n) is 4.78. The van der Waals surface area contributed by atoms with Crippen molar-refractivity contribution >= 4 is 5.91 Å². The Bertz CT molecular complexity index is 515. The lowest BCUT2D eigenvalue weighted by Gasteiger charge is -2.27. The molecule has 2 rings (SSSR count). The van der Waals surface area contributed by atoms with Crippen LogP contribution in [0.25, 0.3) is 0 Å². The monoisotopic (exact) mass is 319 g/mol. The summed E-state index contributed by atoms with van der Waals surface area (Å²) >= 11 is 0. The fraction of sp³-hybridized carbons (Fsp3) is 0.500. The van der Waals surface area contributed by atoms with Gasteiger partial charge in [0.1, 0.15) is 5.75 Å². The first-order valence-corrected chi connectivity index (χ1v) is 6.65. The number of hydrogen-bond donors (Lipinski definition) is 0. The molecule has 0 aromatic heterocycles. The Kier molecular flexibility index (Phi) is 5.25. The third-order valence-electron chi connectivity index (χ3n) is 3.07. The second-order valence-corrected chi connectivity index (χ2v) is 4.78. The number of carbonyl (C=O) groups is 1. The van der Waals surface area contributed by atoms with E-state index in [1.165, 1.54) is 30.1 Å². The maximum Gasteiger partial charge on any atom is 0.573 e. The third-order valence-corrected chi connectivity index (χ3v) is 3.07. The van der Waals surface area contributed by atoms with Crippen LogP contribution in [0.4, 0.5) is 13.2 Å². The molecular weight excluding hydrogens is 303 g/mol. The van der Waals surface area contributed by atoms with Crippen LogP contribution in [0.15, 0.2) is 24.3 Å². The number of rotatable bonds is 4. The molecule has 1 fully saturated rings. The Hall–Kier alpha value is -1.80. The van der Waals surface area contributed by atoms with Gasteiger partial charge < -0.3 is 19.1 Å². The molecule has 1 heterocycles. The average Bonchev–Trinajstić information content (AvgIpc) is 2.48. The number of amides is 1. The summed E-state index contributed by atoms with van der Waals surface area (Å²) in [6.07, 6.45) is -5.51. The maximum atomic E-state index is 12.4. The van der Waals surface area contributed by atoms with Crippen molar-refractivity contribution < 1.29 is 32.2 Å². The smallest absolute Gasteiger partial charge is 0.405 e. The van der Waals surface area contributed by atoms with E-state index in [1.54, 1.807) is 6.07 Å². The fourth-order valence-electron chi connectivity index (χ4n) is 2.07. The van der Waals surface area contributed by atoms with Crippen molar-refractivity contribution in [3.8, 4) is 5.75 Å². The Balaban J connectivity index is 2.04. The van der Waals surface area contributed by atoms with Gasteiger partial charge in [-0.1, -0.05) is 18.2 Å². The molecule has 0 saturated carbocycles. The average molecular weight is 319 g/mol. The molecule has 8 heteroatoms. The zero-order valence-corrected chi connectivity index (χ0v) is 11.9. The third kappa shape index (κ3) is 4.60. The lowest BCUT2D eigenvalue weighted by molar-refractivity contribution is -0.275. The van der Waals surface area contributed by atoms with Crippen LogP contribution in [-0.4, -0.2) is 50.1 Å². The van der Waals surface area contributed by atoms with Gasteiger partial charge in [0.2, 0.25) is 0 Å². The van der Waals surface area contributed by atoms with E-state index >= 15 is 0 Å². The van der Waals surface area contributed by atoms with E-state index in [1.807, 2.05) is 0 Å². The molecule has 0 spiro atoms. The van der Waals surface area contributed by atoms with Crippen LogP contribution < -0.4 is 4.74 Å². The molecule has 22 heavy (non-hydrogen) atoms. The molecule has 1 aliphatic rings. The molecule has 0 radical (unpaired) electrons. The molecular formula is C14H16F3NO4. The quantitative estimate of drug-likeness (QED) is 0.851. The Morgan fingerprint density at radius 1 is 1.36 bits per heavy atom. The number of halogens is 3. The summed E-state index contributed by atoms with van der Waals surface area (Å²) in [5.74, 6) is -0.669. The fourth-order valence-corrected chi connectivity index (χ4v) is 2.07. The summed E-state index contributed by atoms with van der Waals surface area (Å²) in [6, 6.07) is 5.70. The van der Waals surface area contributed by atoms with E-state index in [-0.39, 0.29) is 30.4 Å². The van der Waals surface area contributed by atoms with Gasteiger partial charge in [0.05, 0.1) is 19.8 Å². The number of alkyl halides is 3. The molecule has 1 aromatic rings. The summed E-state index contributed by atoms with van der Waals surface area (Å²) in [5.41, 5.74) is 0.257. The number of carbonyl (C=O) groups excluding carboxylic acids is 1. The van der Waals surface area contributed by atoms with E-state index in [0.29, 0.717) is 13.2 Å². The van der Waals surface area contributed by atoms with Crippen molar-refractivity contribution in [3.63, 3.8) is 0 Å². The number of nitrogens with zero attached hydrogens (tertiary/aromatic N) is 1. The van der Waals surface area contributed by atoms with Crippen molar-refractivity contribution in [3.05, 3.63) is 29.8 Å². The van der Waals surface area contributed by atoms with Crippen LogP contribution in [0.5, 0.6) is 5.75 Å². The Morgan fingerprint density at radius 3 is 2.73 bits per heavy atom. The first-order chi connectivity index (χ1) is 10.4. The van der Waals surface area contributed by atoms with Gasteiger partial charge in [-0.2, -0.15) is 0 Å². The topological polar surface area (TPSA) is 48.0 Å². The highest BCUT2D eigenvalue weighted by Gasteiger charge is 2.32. The summed E-state index contributed by atoms with van der Waals surface area (Å²) in [4.78, 5) is 13.4. The molecule has 1 aliphatic heterocycles. The number of likely N-dealkylation sites (N-methyl/N-ethyl adjacent to an activating group) is 1. The van der Waals surface area contributed by atoms with Crippen molar-refractivity contribution in [2.45, 2.75) is 19.0 Å². The van der Waals surface area contributed by atoms with E-state index in [2.05, 4.69) is 4.74 Å². The van der Waals surface area contributed by atoms with Crippen LogP contribution >= 0.6 is 0 Å². The van der Waals surface area contributed by atoms with Gasteiger partial charge in [-0.05, 0) is 6.07 Å². The van der Waals surface area contributed by atoms with Crippen LogP contribution in [0.3, 0.4) is 0 Å². The standard InChI is InChI=1S/C14H16F3NO4/c1-18(13(19)12-9-20-6-7-21-12)8-10-4-2-3-5-11(10)22-14(15,16)17/h2-5,12H,6-9H2,1H3/t12-/m1/s1. The molecule has 0 aliphatic carbocycles. The van der Waals surface area contributed by atoms with Gasteiger partial charge in [0.25, 0.3) is 5.91 Å². The summed E-state index contributed by atoms with van der Waals surface area (Å²) in [5, 5.41) is 0. The Labute approximate surface area is 125 Å². The van der Waals surface area contributed by atoms with Crippen molar-refractivity contribution in [1.82, 2.24) is 4.90 Å². The van der Waals surface area contributed by atoms with Crippen LogP contribution in [0, 0.1) is 0 Å². The lowest BCUT2D eigenvalue weighted by Crippen LogP contribution is -2.43. The van der Waals surface area contributed by atoms with Crippen LogP contribution in [0.1, 0.15) is 5.56 Å². The van der Waals surface area contributed by atoms with Crippen LogP contribution in [-0.2, 0) is 20.8 Å². The van der Waals surface area contributed by atoms with Gasteiger partial charge in [0, 0.05) is 19.2 Å². The predicted octanol–water partition coefficient (Wildman–Crippen LogP) is 1.96. The predicted molar refractivity (Wildman–Crippen MR) is 70.2 cm³/mol. The number of benzene rings is 1. The number of hydrogen-bond acceptors (Lipinski definition) is 4. The van der Waals surface area contributed by atoms with Gasteiger partial charge in [-0.3, -0.25) is 4.79 Å². The van der Waals surface area contributed by atoms with Crippen molar-refractivity contribution in [2.24, 2.45) is 0 Å². The van der Waals surface area contributed by atoms with Crippen molar-refractivity contribution in [2.75, 3.05) is 26.9 Å². The van der Waals surface area contributed by atoms with E-state index in [9.17, 15) is 18.0 Å². The molecule has 1 saturated heterocycles. The summed E-state index contributed by atoms with van der Waals surface area (Å²) < 4.78 is 51.5. The normalized spacial score (nSPS) is 18.8. The first-order valence-electron chi connectivity index (χ1n) is 6.65. The number of para-hydroxylation sites is 1. The highest BCUT2D eigenvalue weighted by molar-refractivity contribution is 5.81. The van der Waals surface area contributed by atoms with Gasteiger partial charge in [-0.25, -0.2) is 0 Å². The largest absolute Gasteiger partial charge is 0.573 e. The second kappa shape index (κ2) is 6.97. The molecule has 1 atom stereocenters.